The molecule has 0 unspecified atom stereocenters. The minimum Gasteiger partial charge on any atom is -0.368 e. The van der Waals surface area contributed by atoms with Crippen LogP contribution in [0.2, 0.25) is 0 Å². The molecule has 0 aliphatic rings. The van der Waals surface area contributed by atoms with Crippen molar-refractivity contribution in [3.63, 3.8) is 0 Å². The highest BCUT2D eigenvalue weighted by molar-refractivity contribution is 9.11. The molecule has 0 radical (unpaired) electrons. The Hall–Kier alpha value is -1.67. The third-order valence-corrected chi connectivity index (χ3v) is 4.81. The smallest absolute Gasteiger partial charge is 0.291 e. The van der Waals surface area contributed by atoms with Crippen LogP contribution in [0.15, 0.2) is 20.7 Å². The van der Waals surface area contributed by atoms with Crippen LogP contribution in [0.3, 0.4) is 0 Å². The lowest BCUT2D eigenvalue weighted by Crippen LogP contribution is -2.32. The third kappa shape index (κ3) is 2.28. The van der Waals surface area contributed by atoms with Crippen LogP contribution in [-0.2, 0) is 11.3 Å². The summed E-state index contributed by atoms with van der Waals surface area (Å²) in [6.07, 6.45) is 0. The molecule has 0 spiro atoms. The van der Waals surface area contributed by atoms with Crippen molar-refractivity contribution in [2.45, 2.75) is 26.3 Å². The van der Waals surface area contributed by atoms with Crippen LogP contribution in [0.4, 0.5) is 0 Å². The number of nitrogens with two attached hydrogens (primary N) is 1. The second-order valence-corrected chi connectivity index (χ2v) is 7.53. The fourth-order valence-corrected chi connectivity index (χ4v) is 3.92. The summed E-state index contributed by atoms with van der Waals surface area (Å²) >= 11 is 5.01. The van der Waals surface area contributed by atoms with Crippen molar-refractivity contribution in [3.8, 4) is 0 Å². The van der Waals surface area contributed by atoms with Gasteiger partial charge in [-0.3, -0.25) is 14.0 Å². The maximum absolute atomic E-state index is 12.5. The lowest BCUT2D eigenvalue weighted by molar-refractivity contribution is -0.118. The fraction of sp³-hybridized carbons (Fsp3) is 0.308. The molecule has 110 valence electrons. The number of rotatable bonds is 3. The molecule has 21 heavy (non-hydrogen) atoms. The van der Waals surface area contributed by atoms with Crippen molar-refractivity contribution < 1.29 is 4.79 Å². The molecule has 0 bridgehead atoms. The molecule has 0 aliphatic heterocycles. The van der Waals surface area contributed by atoms with Gasteiger partial charge in [-0.15, -0.1) is 11.3 Å². The monoisotopic (exact) mass is 368 g/mol. The first-order chi connectivity index (χ1) is 9.88. The Morgan fingerprint density at radius 2 is 2.19 bits per heavy atom. The number of amides is 1. The maximum Gasteiger partial charge on any atom is 0.291 e. The van der Waals surface area contributed by atoms with Gasteiger partial charge in [0.25, 0.3) is 5.56 Å². The van der Waals surface area contributed by atoms with E-state index in [0.717, 1.165) is 24.5 Å². The average Bonchev–Trinajstić information content (AvgIpc) is 2.88. The van der Waals surface area contributed by atoms with Gasteiger partial charge in [0, 0.05) is 11.3 Å². The van der Waals surface area contributed by atoms with Crippen molar-refractivity contribution in [1.82, 2.24) is 14.2 Å². The van der Waals surface area contributed by atoms with E-state index >= 15 is 0 Å². The highest BCUT2D eigenvalue weighted by Crippen LogP contribution is 2.32. The fourth-order valence-electron chi connectivity index (χ4n) is 2.32. The number of hydrogen-bond donors (Lipinski definition) is 1. The van der Waals surface area contributed by atoms with Gasteiger partial charge in [-0.1, -0.05) is 13.8 Å². The minimum absolute atomic E-state index is 0.101. The molecule has 8 heteroatoms. The van der Waals surface area contributed by atoms with Crippen molar-refractivity contribution in [3.05, 3.63) is 32.1 Å². The highest BCUT2D eigenvalue weighted by atomic mass is 79.9. The van der Waals surface area contributed by atoms with Gasteiger partial charge >= 0.3 is 0 Å². The van der Waals surface area contributed by atoms with Crippen LogP contribution in [-0.4, -0.2) is 20.1 Å². The molecular formula is C13H13BrN4O2S. The number of primary amides is 1. The molecule has 3 aromatic rings. The van der Waals surface area contributed by atoms with Crippen molar-refractivity contribution >= 4 is 48.9 Å². The van der Waals surface area contributed by atoms with Gasteiger partial charge in [0.15, 0.2) is 0 Å². The van der Waals surface area contributed by atoms with Crippen LogP contribution < -0.4 is 11.3 Å². The number of thiophene rings is 1. The molecule has 0 saturated heterocycles. The SMILES string of the molecule is CC(C)c1nn(CC(N)=O)c(=O)c2cc3cc(Br)sc3n12. The van der Waals surface area contributed by atoms with Gasteiger partial charge in [-0.05, 0) is 28.1 Å². The van der Waals surface area contributed by atoms with E-state index in [4.69, 9.17) is 5.73 Å². The summed E-state index contributed by atoms with van der Waals surface area (Å²) in [7, 11) is 0. The first kappa shape index (κ1) is 14.3. The first-order valence-electron chi connectivity index (χ1n) is 6.38. The Labute approximate surface area is 132 Å². The van der Waals surface area contributed by atoms with Crippen LogP contribution in [0.25, 0.3) is 15.7 Å². The van der Waals surface area contributed by atoms with Gasteiger partial charge < -0.3 is 5.73 Å². The standard InChI is InChI=1S/C13H13BrN4O2S/c1-6(2)11-16-17(5-10(15)19)12(20)8-3-7-4-9(14)21-13(7)18(8)11/h3-4,6H,5H2,1-2H3,(H2,15,19). The van der Waals surface area contributed by atoms with Gasteiger partial charge in [0.1, 0.15) is 22.7 Å². The van der Waals surface area contributed by atoms with E-state index in [2.05, 4.69) is 21.0 Å². The Kier molecular flexibility index (Phi) is 3.37. The number of fused-ring (bicyclic) bond motifs is 3. The van der Waals surface area contributed by atoms with Crippen LogP contribution in [0.5, 0.6) is 0 Å². The van der Waals surface area contributed by atoms with Crippen molar-refractivity contribution in [1.29, 1.82) is 0 Å². The highest BCUT2D eigenvalue weighted by Gasteiger charge is 2.18. The van der Waals surface area contributed by atoms with E-state index in [0.29, 0.717) is 5.52 Å². The predicted molar refractivity (Wildman–Crippen MR) is 85.8 cm³/mol. The summed E-state index contributed by atoms with van der Waals surface area (Å²) in [5, 5.41) is 5.31. The molecular weight excluding hydrogens is 356 g/mol. The number of nitrogens with zero attached hydrogens (tertiary/aromatic N) is 3. The molecule has 2 N–H and O–H groups in total. The quantitative estimate of drug-likeness (QED) is 0.768. The second-order valence-electron chi connectivity index (χ2n) is 5.12. The molecule has 3 rings (SSSR count). The minimum atomic E-state index is -0.584. The Balaban J connectivity index is 2.44. The molecule has 1 amide bonds. The Morgan fingerprint density at radius 1 is 1.48 bits per heavy atom. The van der Waals surface area contributed by atoms with E-state index in [9.17, 15) is 9.59 Å². The van der Waals surface area contributed by atoms with E-state index in [1.807, 2.05) is 30.4 Å². The number of carbonyl (C=O) groups is 1. The van der Waals surface area contributed by atoms with Crippen LogP contribution in [0, 0.1) is 0 Å². The van der Waals surface area contributed by atoms with Gasteiger partial charge in [0.2, 0.25) is 5.91 Å². The summed E-state index contributed by atoms with van der Waals surface area (Å²) in [5.74, 6) is 0.249. The predicted octanol–water partition coefficient (Wildman–Crippen LogP) is 2.08. The number of carbonyl (C=O) groups excluding carboxylic acids is 1. The van der Waals surface area contributed by atoms with Crippen molar-refractivity contribution in [2.24, 2.45) is 5.73 Å². The van der Waals surface area contributed by atoms with Crippen LogP contribution in [0.1, 0.15) is 25.6 Å². The average molecular weight is 369 g/mol. The Morgan fingerprint density at radius 3 is 2.81 bits per heavy atom. The molecule has 0 fully saturated rings. The number of halogens is 1. The normalized spacial score (nSPS) is 11.8. The largest absolute Gasteiger partial charge is 0.368 e. The van der Waals surface area contributed by atoms with Gasteiger partial charge in [0.05, 0.1) is 3.79 Å². The summed E-state index contributed by atoms with van der Waals surface area (Å²) < 4.78 is 4.01. The summed E-state index contributed by atoms with van der Waals surface area (Å²) in [4.78, 5) is 24.5. The first-order valence-corrected chi connectivity index (χ1v) is 7.99. The maximum atomic E-state index is 12.5. The van der Waals surface area contributed by atoms with E-state index in [1.54, 1.807) is 11.3 Å². The lowest BCUT2D eigenvalue weighted by atomic mass is 10.2. The lowest BCUT2D eigenvalue weighted by Gasteiger charge is -2.12. The number of hydrogen-bond acceptors (Lipinski definition) is 4. The van der Waals surface area contributed by atoms with E-state index in [1.165, 1.54) is 0 Å². The van der Waals surface area contributed by atoms with Crippen molar-refractivity contribution in [2.75, 3.05) is 0 Å². The molecule has 0 aromatic carbocycles. The van der Waals surface area contributed by atoms with Gasteiger partial charge in [-0.25, -0.2) is 4.68 Å². The summed E-state index contributed by atoms with van der Waals surface area (Å²) in [6, 6.07) is 3.79. The molecule has 0 aliphatic carbocycles. The zero-order valence-electron chi connectivity index (χ0n) is 11.5. The molecule has 3 aromatic heterocycles. The van der Waals surface area contributed by atoms with Gasteiger partial charge in [-0.2, -0.15) is 5.10 Å². The molecule has 0 atom stereocenters. The summed E-state index contributed by atoms with van der Waals surface area (Å²) in [6.45, 7) is 3.78. The zero-order chi connectivity index (χ0) is 15.3. The zero-order valence-corrected chi connectivity index (χ0v) is 13.9. The van der Waals surface area contributed by atoms with E-state index < -0.39 is 5.91 Å². The Bertz CT molecular complexity index is 922. The number of aromatic nitrogens is 3. The second kappa shape index (κ2) is 4.96. The van der Waals surface area contributed by atoms with Crippen LogP contribution >= 0.6 is 27.3 Å². The molecule has 3 heterocycles. The van der Waals surface area contributed by atoms with E-state index in [-0.39, 0.29) is 18.0 Å². The summed E-state index contributed by atoms with van der Waals surface area (Å²) in [5.41, 5.74) is 5.40. The molecule has 6 nitrogen and oxygen atoms in total. The third-order valence-electron chi connectivity index (χ3n) is 3.17. The topological polar surface area (TPSA) is 82.4 Å². The molecule has 0 saturated carbocycles.